The summed E-state index contributed by atoms with van der Waals surface area (Å²) in [5.41, 5.74) is -0.555. The molecule has 3 amide bonds. The molecule has 1 aliphatic rings. The number of likely N-dealkylation sites (tertiary alicyclic amines) is 1. The molecule has 0 saturated carbocycles. The van der Waals surface area contributed by atoms with Gasteiger partial charge in [0.05, 0.1) is 11.3 Å². The summed E-state index contributed by atoms with van der Waals surface area (Å²) in [5.74, 6) is -3.29. The zero-order chi connectivity index (χ0) is 21.7. The number of halogens is 4. The van der Waals surface area contributed by atoms with Gasteiger partial charge in [-0.05, 0) is 55.5 Å². The third kappa shape index (κ3) is 5.49. The third-order valence-electron chi connectivity index (χ3n) is 5.08. The summed E-state index contributed by atoms with van der Waals surface area (Å²) in [6.07, 6.45) is 1.96. The lowest BCUT2D eigenvalue weighted by Crippen LogP contribution is -2.41. The van der Waals surface area contributed by atoms with Gasteiger partial charge in [-0.25, -0.2) is 22.4 Å². The number of urea groups is 1. The number of anilines is 1. The molecule has 2 aromatic carbocycles. The highest BCUT2D eigenvalue weighted by molar-refractivity contribution is 5.94. The van der Waals surface area contributed by atoms with E-state index in [0.29, 0.717) is 38.9 Å². The van der Waals surface area contributed by atoms with Crippen LogP contribution in [0.2, 0.25) is 0 Å². The number of carbonyl (C=O) groups is 2. The molecule has 1 heterocycles. The molecular formula is C21H21F4N3O2. The molecule has 0 radical (unpaired) electrons. The first-order valence-electron chi connectivity index (χ1n) is 9.57. The number of nitrogens with zero attached hydrogens (tertiary/aromatic N) is 1. The van der Waals surface area contributed by atoms with E-state index in [0.717, 1.165) is 36.4 Å². The quantitative estimate of drug-likeness (QED) is 0.705. The van der Waals surface area contributed by atoms with Crippen LogP contribution in [0.15, 0.2) is 36.4 Å². The van der Waals surface area contributed by atoms with E-state index in [1.54, 1.807) is 0 Å². The van der Waals surface area contributed by atoms with Crippen molar-refractivity contribution < 1.29 is 27.2 Å². The van der Waals surface area contributed by atoms with Crippen molar-refractivity contribution in [3.8, 4) is 0 Å². The van der Waals surface area contributed by atoms with E-state index in [2.05, 4.69) is 10.6 Å². The minimum Gasteiger partial charge on any atom is -0.352 e. The summed E-state index contributed by atoms with van der Waals surface area (Å²) in [6, 6.07) is 5.03. The number of piperidine rings is 1. The fraction of sp³-hybridized carbons (Fsp3) is 0.333. The maximum absolute atomic E-state index is 13.7. The van der Waals surface area contributed by atoms with E-state index in [1.165, 1.54) is 4.90 Å². The summed E-state index contributed by atoms with van der Waals surface area (Å²) in [4.78, 5) is 25.8. The van der Waals surface area contributed by atoms with E-state index < -0.39 is 35.2 Å². The standard InChI is InChI=1S/C21H21F4N3O2/c22-14-1-3-17(24)16(11-14)20(29)26-8-5-13-6-9-28(10-7-13)21(30)27-19-12-15(23)2-4-18(19)25/h1-4,11-13H,5-10H2,(H,26,29)(H,27,30). The van der Waals surface area contributed by atoms with Crippen LogP contribution < -0.4 is 10.6 Å². The van der Waals surface area contributed by atoms with Crippen LogP contribution in [0.3, 0.4) is 0 Å². The summed E-state index contributed by atoms with van der Waals surface area (Å²) in [5, 5.41) is 4.95. The molecule has 0 spiro atoms. The van der Waals surface area contributed by atoms with Gasteiger partial charge in [0.15, 0.2) is 0 Å². The molecular weight excluding hydrogens is 402 g/mol. The lowest BCUT2D eigenvalue weighted by molar-refractivity contribution is 0.0945. The van der Waals surface area contributed by atoms with Gasteiger partial charge >= 0.3 is 6.03 Å². The molecule has 1 fully saturated rings. The third-order valence-corrected chi connectivity index (χ3v) is 5.08. The molecule has 1 aliphatic heterocycles. The van der Waals surface area contributed by atoms with Crippen LogP contribution in [0.1, 0.15) is 29.6 Å². The van der Waals surface area contributed by atoms with Crippen LogP contribution in [-0.4, -0.2) is 36.5 Å². The largest absolute Gasteiger partial charge is 0.352 e. The number of benzene rings is 2. The molecule has 5 nitrogen and oxygen atoms in total. The molecule has 9 heteroatoms. The van der Waals surface area contributed by atoms with Gasteiger partial charge < -0.3 is 15.5 Å². The monoisotopic (exact) mass is 423 g/mol. The van der Waals surface area contributed by atoms with Gasteiger partial charge in [0.25, 0.3) is 5.91 Å². The number of nitrogens with one attached hydrogen (secondary N) is 2. The highest BCUT2D eigenvalue weighted by Crippen LogP contribution is 2.22. The van der Waals surface area contributed by atoms with Crippen LogP contribution >= 0.6 is 0 Å². The van der Waals surface area contributed by atoms with Crippen molar-refractivity contribution in [1.82, 2.24) is 10.2 Å². The van der Waals surface area contributed by atoms with E-state index in [4.69, 9.17) is 0 Å². The van der Waals surface area contributed by atoms with Crippen molar-refractivity contribution in [3.63, 3.8) is 0 Å². The lowest BCUT2D eigenvalue weighted by Gasteiger charge is -2.32. The SMILES string of the molecule is O=C(NCCC1CCN(C(=O)Nc2cc(F)ccc2F)CC1)c1cc(F)ccc1F. The van der Waals surface area contributed by atoms with Crippen LogP contribution in [0.25, 0.3) is 0 Å². The zero-order valence-electron chi connectivity index (χ0n) is 16.1. The second-order valence-electron chi connectivity index (χ2n) is 7.15. The second-order valence-corrected chi connectivity index (χ2v) is 7.15. The molecule has 0 bridgehead atoms. The average Bonchev–Trinajstić information content (AvgIpc) is 2.73. The maximum Gasteiger partial charge on any atom is 0.321 e. The van der Waals surface area contributed by atoms with Crippen molar-refractivity contribution >= 4 is 17.6 Å². The van der Waals surface area contributed by atoms with E-state index in [9.17, 15) is 27.2 Å². The Hall–Kier alpha value is -3.10. The summed E-state index contributed by atoms with van der Waals surface area (Å²) in [7, 11) is 0. The minimum atomic E-state index is -0.789. The first-order valence-corrected chi connectivity index (χ1v) is 9.57. The number of rotatable bonds is 5. The van der Waals surface area contributed by atoms with Crippen molar-refractivity contribution in [3.05, 3.63) is 65.2 Å². The Balaban J connectivity index is 1.42. The van der Waals surface area contributed by atoms with Crippen LogP contribution in [0, 0.1) is 29.2 Å². The predicted molar refractivity (Wildman–Crippen MR) is 103 cm³/mol. The first kappa shape index (κ1) is 21.6. The molecule has 0 aromatic heterocycles. The zero-order valence-corrected chi connectivity index (χ0v) is 16.1. The Morgan fingerprint density at radius 3 is 2.27 bits per heavy atom. The Morgan fingerprint density at radius 1 is 0.933 bits per heavy atom. The highest BCUT2D eigenvalue weighted by atomic mass is 19.1. The van der Waals surface area contributed by atoms with Crippen molar-refractivity contribution in [2.75, 3.05) is 25.0 Å². The fourth-order valence-electron chi connectivity index (χ4n) is 3.37. The second kappa shape index (κ2) is 9.60. The molecule has 30 heavy (non-hydrogen) atoms. The molecule has 0 atom stereocenters. The number of hydrogen-bond acceptors (Lipinski definition) is 2. The van der Waals surface area contributed by atoms with Crippen molar-refractivity contribution in [1.29, 1.82) is 0 Å². The molecule has 0 unspecified atom stereocenters. The van der Waals surface area contributed by atoms with Crippen molar-refractivity contribution in [2.24, 2.45) is 5.92 Å². The minimum absolute atomic E-state index is 0.214. The number of carbonyl (C=O) groups excluding carboxylic acids is 2. The smallest absolute Gasteiger partial charge is 0.321 e. The summed E-state index contributed by atoms with van der Waals surface area (Å²) < 4.78 is 53.7. The van der Waals surface area contributed by atoms with E-state index in [1.807, 2.05) is 0 Å². The topological polar surface area (TPSA) is 61.4 Å². The summed E-state index contributed by atoms with van der Waals surface area (Å²) in [6.45, 7) is 1.15. The van der Waals surface area contributed by atoms with Crippen LogP contribution in [0.4, 0.5) is 28.0 Å². The van der Waals surface area contributed by atoms with Gasteiger partial charge in [0.1, 0.15) is 23.3 Å². The van der Waals surface area contributed by atoms with Crippen molar-refractivity contribution in [2.45, 2.75) is 19.3 Å². The highest BCUT2D eigenvalue weighted by Gasteiger charge is 2.23. The first-order chi connectivity index (χ1) is 14.3. The fourth-order valence-corrected chi connectivity index (χ4v) is 3.37. The molecule has 3 rings (SSSR count). The van der Waals surface area contributed by atoms with Crippen LogP contribution in [-0.2, 0) is 0 Å². The van der Waals surface area contributed by atoms with Gasteiger partial charge in [0, 0.05) is 25.7 Å². The van der Waals surface area contributed by atoms with E-state index in [-0.39, 0.29) is 17.2 Å². The van der Waals surface area contributed by atoms with Gasteiger partial charge in [-0.3, -0.25) is 4.79 Å². The van der Waals surface area contributed by atoms with Gasteiger partial charge in [0.2, 0.25) is 0 Å². The molecule has 0 aliphatic carbocycles. The Bertz CT molecular complexity index is 930. The number of hydrogen-bond donors (Lipinski definition) is 2. The molecule has 1 saturated heterocycles. The molecule has 2 aromatic rings. The Kier molecular flexibility index (Phi) is 6.91. The molecule has 160 valence electrons. The maximum atomic E-state index is 13.7. The van der Waals surface area contributed by atoms with Gasteiger partial charge in [-0.2, -0.15) is 0 Å². The van der Waals surface area contributed by atoms with Gasteiger partial charge in [-0.15, -0.1) is 0 Å². The average molecular weight is 423 g/mol. The Labute approximate surface area is 171 Å². The predicted octanol–water partition coefficient (Wildman–Crippen LogP) is 4.31. The number of amides is 3. The van der Waals surface area contributed by atoms with Gasteiger partial charge in [-0.1, -0.05) is 0 Å². The summed E-state index contributed by atoms with van der Waals surface area (Å²) >= 11 is 0. The normalized spacial score (nSPS) is 14.5. The Morgan fingerprint density at radius 2 is 1.57 bits per heavy atom. The van der Waals surface area contributed by atoms with Crippen LogP contribution in [0.5, 0.6) is 0 Å². The lowest BCUT2D eigenvalue weighted by atomic mass is 9.93. The molecule has 2 N–H and O–H groups in total. The van der Waals surface area contributed by atoms with E-state index >= 15 is 0 Å².